The highest BCUT2D eigenvalue weighted by atomic mass is 16.5. The number of piperazine rings is 1. The van der Waals surface area contributed by atoms with Gasteiger partial charge < -0.3 is 20.3 Å². The predicted octanol–water partition coefficient (Wildman–Crippen LogP) is 1.63. The number of nitriles is 1. The topological polar surface area (TPSA) is 139 Å². The van der Waals surface area contributed by atoms with Crippen molar-refractivity contribution in [3.8, 4) is 6.07 Å². The largest absolute Gasteiger partial charge is 0.453 e. The summed E-state index contributed by atoms with van der Waals surface area (Å²) in [6.45, 7) is 6.46. The number of hydrazine groups is 1. The number of benzene rings is 1. The van der Waals surface area contributed by atoms with Crippen molar-refractivity contribution in [2.24, 2.45) is 0 Å². The molecule has 4 N–H and O–H groups in total. The van der Waals surface area contributed by atoms with Crippen LogP contribution in [-0.2, 0) is 9.53 Å². The molecule has 4 amide bonds. The van der Waals surface area contributed by atoms with Gasteiger partial charge in [0.15, 0.2) is 0 Å². The lowest BCUT2D eigenvalue weighted by molar-refractivity contribution is -0.134. The Morgan fingerprint density at radius 2 is 2.06 bits per heavy atom. The van der Waals surface area contributed by atoms with E-state index >= 15 is 0 Å². The highest BCUT2D eigenvalue weighted by molar-refractivity contribution is 5.94. The Hall–Kier alpha value is -3.78. The van der Waals surface area contributed by atoms with Crippen molar-refractivity contribution in [3.63, 3.8) is 0 Å². The molecule has 2 aliphatic rings. The molecule has 0 aromatic heterocycles. The average Bonchev–Trinajstić information content (AvgIpc) is 3.27. The molecule has 11 nitrogen and oxygen atoms in total. The molecule has 3 rings (SSSR count). The Morgan fingerprint density at radius 3 is 2.69 bits per heavy atom. The fourth-order valence-corrected chi connectivity index (χ4v) is 3.40. The maximum atomic E-state index is 12.9. The van der Waals surface area contributed by atoms with Crippen LogP contribution in [-0.4, -0.2) is 61.4 Å². The van der Waals surface area contributed by atoms with Crippen LogP contribution in [0, 0.1) is 11.3 Å². The lowest BCUT2D eigenvalue weighted by Crippen LogP contribution is -2.58. The van der Waals surface area contributed by atoms with E-state index in [1.807, 2.05) is 26.8 Å². The monoisotopic (exact) mass is 443 g/mol. The molecular formula is C21H29N7O4. The molecule has 2 aliphatic heterocycles. The van der Waals surface area contributed by atoms with Crippen molar-refractivity contribution in [2.45, 2.75) is 32.9 Å². The molecule has 2 atom stereocenters. The van der Waals surface area contributed by atoms with Gasteiger partial charge in [-0.1, -0.05) is 19.9 Å². The first kappa shape index (κ1) is 24.5. The molecule has 0 aliphatic carbocycles. The van der Waals surface area contributed by atoms with E-state index in [9.17, 15) is 14.4 Å². The fraction of sp³-hybridized carbons (Fsp3) is 0.429. The lowest BCUT2D eigenvalue weighted by atomic mass is 10.0. The number of rotatable bonds is 4. The van der Waals surface area contributed by atoms with Gasteiger partial charge >= 0.3 is 12.1 Å². The van der Waals surface area contributed by atoms with Crippen molar-refractivity contribution < 1.29 is 19.1 Å². The summed E-state index contributed by atoms with van der Waals surface area (Å²) >= 11 is 0. The van der Waals surface area contributed by atoms with E-state index in [1.54, 1.807) is 34.2 Å². The smallest absolute Gasteiger partial charge is 0.411 e. The molecule has 11 heteroatoms. The highest BCUT2D eigenvalue weighted by Crippen LogP contribution is 2.34. The zero-order valence-corrected chi connectivity index (χ0v) is 18.9. The van der Waals surface area contributed by atoms with Crippen molar-refractivity contribution in [1.82, 2.24) is 26.0 Å². The minimum atomic E-state index is -0.661. The number of nitrogens with one attached hydrogen (secondary N) is 4. The number of ether oxygens (including phenoxy) is 1. The van der Waals surface area contributed by atoms with Gasteiger partial charge in [0.25, 0.3) is 5.91 Å². The van der Waals surface area contributed by atoms with Gasteiger partial charge in [-0.3, -0.25) is 15.1 Å². The van der Waals surface area contributed by atoms with Crippen molar-refractivity contribution in [1.29, 1.82) is 5.26 Å². The molecule has 2 unspecified atom stereocenters. The summed E-state index contributed by atoms with van der Waals surface area (Å²) in [6.07, 6.45) is 1.10. The summed E-state index contributed by atoms with van der Waals surface area (Å²) in [6, 6.07) is 6.11. The number of hydrogen-bond donors (Lipinski definition) is 4. The highest BCUT2D eigenvalue weighted by Gasteiger charge is 2.39. The van der Waals surface area contributed by atoms with Crippen LogP contribution in [0.5, 0.6) is 0 Å². The second kappa shape index (κ2) is 11.0. The molecule has 32 heavy (non-hydrogen) atoms. The SMILES string of the molecule is CC.CNC(=O)NCN1CC(C)N2NC(c3ccc(C#N)cc3NC(=O)OC)C=C2C1=O. The third-order valence-corrected chi connectivity index (χ3v) is 4.89. The van der Waals surface area contributed by atoms with E-state index in [1.165, 1.54) is 14.2 Å². The summed E-state index contributed by atoms with van der Waals surface area (Å²) in [5.74, 6) is -0.226. The zero-order valence-electron chi connectivity index (χ0n) is 18.9. The molecule has 1 aromatic carbocycles. The number of anilines is 1. The first-order valence-electron chi connectivity index (χ1n) is 10.3. The van der Waals surface area contributed by atoms with E-state index in [-0.39, 0.29) is 24.6 Å². The molecular weight excluding hydrogens is 414 g/mol. The number of amides is 4. The van der Waals surface area contributed by atoms with Crippen LogP contribution < -0.4 is 21.4 Å². The van der Waals surface area contributed by atoms with E-state index in [4.69, 9.17) is 5.26 Å². The summed E-state index contributed by atoms with van der Waals surface area (Å²) in [5, 5.41) is 18.6. The summed E-state index contributed by atoms with van der Waals surface area (Å²) < 4.78 is 4.66. The van der Waals surface area contributed by atoms with Gasteiger partial charge in [-0.25, -0.2) is 15.0 Å². The number of urea groups is 1. The predicted molar refractivity (Wildman–Crippen MR) is 118 cm³/mol. The molecule has 0 spiro atoms. The Bertz CT molecular complexity index is 941. The first-order valence-corrected chi connectivity index (χ1v) is 10.3. The van der Waals surface area contributed by atoms with Crippen molar-refractivity contribution in [2.75, 3.05) is 32.7 Å². The fourth-order valence-electron chi connectivity index (χ4n) is 3.40. The van der Waals surface area contributed by atoms with Gasteiger partial charge in [0.2, 0.25) is 0 Å². The quantitative estimate of drug-likeness (QED) is 0.555. The summed E-state index contributed by atoms with van der Waals surface area (Å²) in [4.78, 5) is 37.6. The number of nitrogens with zero attached hydrogens (tertiary/aromatic N) is 3. The normalized spacial score (nSPS) is 19.0. The third-order valence-electron chi connectivity index (χ3n) is 4.89. The molecule has 1 aromatic rings. The molecule has 0 radical (unpaired) electrons. The maximum Gasteiger partial charge on any atom is 0.411 e. The molecule has 2 heterocycles. The number of carbonyl (C=O) groups excluding carboxylic acids is 3. The zero-order chi connectivity index (χ0) is 23.8. The van der Waals surface area contributed by atoms with Gasteiger partial charge in [0.05, 0.1) is 43.2 Å². The molecule has 0 saturated carbocycles. The van der Waals surface area contributed by atoms with Crippen LogP contribution in [0.2, 0.25) is 0 Å². The van der Waals surface area contributed by atoms with Gasteiger partial charge in [-0.05, 0) is 30.7 Å². The van der Waals surface area contributed by atoms with E-state index in [0.29, 0.717) is 29.1 Å². The van der Waals surface area contributed by atoms with Gasteiger partial charge in [-0.15, -0.1) is 0 Å². The Balaban J connectivity index is 0.00000176. The van der Waals surface area contributed by atoms with Crippen molar-refractivity contribution in [3.05, 3.63) is 41.1 Å². The summed E-state index contributed by atoms with van der Waals surface area (Å²) in [7, 11) is 2.75. The van der Waals surface area contributed by atoms with Gasteiger partial charge in [0.1, 0.15) is 5.70 Å². The van der Waals surface area contributed by atoms with Crippen LogP contribution in [0.25, 0.3) is 0 Å². The molecule has 1 saturated heterocycles. The van der Waals surface area contributed by atoms with E-state index in [2.05, 4.69) is 26.1 Å². The number of hydrogen-bond acceptors (Lipinski definition) is 7. The van der Waals surface area contributed by atoms with Crippen LogP contribution in [0.1, 0.15) is 37.9 Å². The Labute approximate surface area is 187 Å². The third kappa shape index (κ3) is 5.28. The number of methoxy groups -OCH3 is 1. The molecule has 1 fully saturated rings. The Morgan fingerprint density at radius 1 is 1.34 bits per heavy atom. The van der Waals surface area contributed by atoms with Crippen LogP contribution in [0.3, 0.4) is 0 Å². The molecule has 0 bridgehead atoms. The van der Waals surface area contributed by atoms with Crippen LogP contribution >= 0.6 is 0 Å². The standard InChI is InChI=1S/C19H23N7O4.C2H6/c1-11-9-25(10-22-18(28)21-2)17(27)16-7-15(24-26(11)16)13-5-4-12(8-20)6-14(13)23-19(29)30-3;1-2/h4-7,11,15,24H,9-10H2,1-3H3,(H,23,29)(H2,21,22,28);1-2H3. The second-order valence-electron chi connectivity index (χ2n) is 6.85. The Kier molecular flexibility index (Phi) is 8.43. The summed E-state index contributed by atoms with van der Waals surface area (Å²) in [5.41, 5.74) is 5.19. The first-order chi connectivity index (χ1) is 15.4. The van der Waals surface area contributed by atoms with Crippen LogP contribution in [0.15, 0.2) is 30.0 Å². The van der Waals surface area contributed by atoms with Gasteiger partial charge in [-0.2, -0.15) is 5.26 Å². The lowest BCUT2D eigenvalue weighted by Gasteiger charge is -2.39. The minimum Gasteiger partial charge on any atom is -0.453 e. The second-order valence-corrected chi connectivity index (χ2v) is 6.85. The number of fused-ring (bicyclic) bond motifs is 1. The maximum absolute atomic E-state index is 12.9. The van der Waals surface area contributed by atoms with E-state index < -0.39 is 12.1 Å². The average molecular weight is 444 g/mol. The molecule has 172 valence electrons. The van der Waals surface area contributed by atoms with Gasteiger partial charge in [0, 0.05) is 13.6 Å². The minimum absolute atomic E-state index is 0.0548. The van der Waals surface area contributed by atoms with Crippen LogP contribution in [0.4, 0.5) is 15.3 Å². The van der Waals surface area contributed by atoms with Crippen molar-refractivity contribution >= 4 is 23.7 Å². The number of carbonyl (C=O) groups is 3. The van der Waals surface area contributed by atoms with E-state index in [0.717, 1.165) is 0 Å².